The summed E-state index contributed by atoms with van der Waals surface area (Å²) in [5, 5.41) is 4.17. The highest BCUT2D eigenvalue weighted by molar-refractivity contribution is 7.84. The van der Waals surface area contributed by atoms with Gasteiger partial charge in [-0.05, 0) is 30.5 Å². The molecule has 0 heterocycles. The van der Waals surface area contributed by atoms with Crippen LogP contribution in [0.15, 0.2) is 24.3 Å². The summed E-state index contributed by atoms with van der Waals surface area (Å²) in [5.41, 5.74) is 1.23. The number of rotatable bonds is 6. The van der Waals surface area contributed by atoms with E-state index < -0.39 is 10.8 Å². The molecule has 0 saturated heterocycles. The molecule has 96 valence electrons. The van der Waals surface area contributed by atoms with Crippen LogP contribution in [-0.2, 0) is 10.8 Å². The molecule has 0 aliphatic rings. The van der Waals surface area contributed by atoms with Gasteiger partial charge in [0.05, 0.1) is 0 Å². The van der Waals surface area contributed by atoms with Crippen LogP contribution in [0.1, 0.15) is 25.3 Å². The van der Waals surface area contributed by atoms with Gasteiger partial charge < -0.3 is 5.32 Å². The van der Waals surface area contributed by atoms with Gasteiger partial charge in [0, 0.05) is 40.4 Å². The molecule has 0 aliphatic carbocycles. The summed E-state index contributed by atoms with van der Waals surface area (Å²) >= 11 is 5.96. The number of nitrogens with one attached hydrogen (secondary N) is 1. The summed E-state index contributed by atoms with van der Waals surface area (Å²) in [7, 11) is -0.742. The maximum Gasteiger partial charge on any atom is 0.0408 e. The molecule has 1 rings (SSSR count). The molecule has 1 N–H and O–H groups in total. The van der Waals surface area contributed by atoms with Crippen molar-refractivity contribution in [3.8, 4) is 0 Å². The summed E-state index contributed by atoms with van der Waals surface area (Å²) in [6.07, 6.45) is 1.73. The lowest BCUT2D eigenvalue weighted by Crippen LogP contribution is -2.33. The van der Waals surface area contributed by atoms with Crippen LogP contribution in [0.3, 0.4) is 0 Å². The number of halogens is 1. The molecule has 0 aliphatic heterocycles. The van der Waals surface area contributed by atoms with Crippen LogP contribution < -0.4 is 5.32 Å². The van der Waals surface area contributed by atoms with E-state index in [1.165, 1.54) is 5.56 Å². The summed E-state index contributed by atoms with van der Waals surface area (Å²) in [6, 6.07) is 8.21. The summed E-state index contributed by atoms with van der Waals surface area (Å²) in [5.74, 6) is 1.10. The van der Waals surface area contributed by atoms with Crippen molar-refractivity contribution in [1.82, 2.24) is 5.32 Å². The lowest BCUT2D eigenvalue weighted by molar-refractivity contribution is 0.549. The Morgan fingerprint density at radius 3 is 2.71 bits per heavy atom. The average Bonchev–Trinajstić information content (AvgIpc) is 2.25. The summed E-state index contributed by atoms with van der Waals surface area (Å²) in [4.78, 5) is 0. The van der Waals surface area contributed by atoms with Crippen molar-refractivity contribution in [3.63, 3.8) is 0 Å². The van der Waals surface area contributed by atoms with Gasteiger partial charge in [-0.2, -0.15) is 0 Å². The zero-order valence-corrected chi connectivity index (χ0v) is 12.1. The quantitative estimate of drug-likeness (QED) is 0.864. The minimum atomic E-state index is -0.742. The van der Waals surface area contributed by atoms with Crippen molar-refractivity contribution in [1.29, 1.82) is 0 Å². The Hall–Kier alpha value is -0.380. The third kappa shape index (κ3) is 5.66. The molecular formula is C13H20ClNOS. The van der Waals surface area contributed by atoms with Gasteiger partial charge in [0.1, 0.15) is 0 Å². The van der Waals surface area contributed by atoms with Crippen LogP contribution in [0.2, 0.25) is 5.02 Å². The van der Waals surface area contributed by atoms with Gasteiger partial charge in [-0.1, -0.05) is 30.7 Å². The van der Waals surface area contributed by atoms with Gasteiger partial charge in [0.25, 0.3) is 0 Å². The van der Waals surface area contributed by atoms with E-state index in [0.717, 1.165) is 11.6 Å². The Balaban J connectivity index is 2.44. The SMILES string of the molecule is C[C@H](C[S@@](C)=O)NC[C@@H](C)c1cccc(Cl)c1. The lowest BCUT2D eigenvalue weighted by Gasteiger charge is -2.17. The fourth-order valence-corrected chi connectivity index (χ4v) is 2.74. The maximum atomic E-state index is 11.1. The zero-order valence-electron chi connectivity index (χ0n) is 10.6. The van der Waals surface area contributed by atoms with E-state index in [2.05, 4.69) is 25.2 Å². The van der Waals surface area contributed by atoms with Crippen LogP contribution in [0, 0.1) is 0 Å². The second kappa shape index (κ2) is 7.14. The first-order valence-electron chi connectivity index (χ1n) is 5.78. The molecule has 4 heteroatoms. The topological polar surface area (TPSA) is 29.1 Å². The summed E-state index contributed by atoms with van der Waals surface area (Å²) in [6.45, 7) is 5.10. The van der Waals surface area contributed by atoms with Crippen molar-refractivity contribution in [2.24, 2.45) is 0 Å². The van der Waals surface area contributed by atoms with Crippen molar-refractivity contribution >= 4 is 22.4 Å². The van der Waals surface area contributed by atoms with Gasteiger partial charge in [0.15, 0.2) is 0 Å². The second-order valence-electron chi connectivity index (χ2n) is 4.51. The molecule has 2 nitrogen and oxygen atoms in total. The molecule has 0 fully saturated rings. The minimum Gasteiger partial charge on any atom is -0.313 e. The van der Waals surface area contributed by atoms with Gasteiger partial charge in [0.2, 0.25) is 0 Å². The monoisotopic (exact) mass is 273 g/mol. The van der Waals surface area contributed by atoms with Crippen LogP contribution in [0.4, 0.5) is 0 Å². The Morgan fingerprint density at radius 1 is 1.41 bits per heavy atom. The first kappa shape index (κ1) is 14.7. The van der Waals surface area contributed by atoms with Gasteiger partial charge in [-0.15, -0.1) is 0 Å². The molecule has 0 unspecified atom stereocenters. The van der Waals surface area contributed by atoms with E-state index in [1.54, 1.807) is 6.26 Å². The van der Waals surface area contributed by atoms with Crippen LogP contribution in [0.25, 0.3) is 0 Å². The van der Waals surface area contributed by atoms with Gasteiger partial charge in [-0.3, -0.25) is 4.21 Å². The molecular weight excluding hydrogens is 254 g/mol. The van der Waals surface area contributed by atoms with E-state index in [9.17, 15) is 4.21 Å². The Labute approximate surface area is 111 Å². The largest absolute Gasteiger partial charge is 0.313 e. The maximum absolute atomic E-state index is 11.1. The molecule has 0 radical (unpaired) electrons. The third-order valence-electron chi connectivity index (χ3n) is 2.67. The van der Waals surface area contributed by atoms with Crippen molar-refractivity contribution in [2.75, 3.05) is 18.6 Å². The van der Waals surface area contributed by atoms with Crippen molar-refractivity contribution in [2.45, 2.75) is 25.8 Å². The number of benzene rings is 1. The molecule has 0 aromatic heterocycles. The van der Waals surface area contributed by atoms with Gasteiger partial charge in [-0.25, -0.2) is 0 Å². The minimum absolute atomic E-state index is 0.280. The normalized spacial score (nSPS) is 16.5. The van der Waals surface area contributed by atoms with Gasteiger partial charge >= 0.3 is 0 Å². The molecule has 3 atom stereocenters. The van der Waals surface area contributed by atoms with Crippen molar-refractivity contribution in [3.05, 3.63) is 34.9 Å². The van der Waals surface area contributed by atoms with Crippen LogP contribution in [-0.4, -0.2) is 28.8 Å². The Kier molecular flexibility index (Phi) is 6.17. The van der Waals surface area contributed by atoms with E-state index in [1.807, 2.05) is 18.2 Å². The Bertz CT molecular complexity index is 383. The molecule has 1 aromatic rings. The molecule has 0 spiro atoms. The molecule has 0 bridgehead atoms. The highest BCUT2D eigenvalue weighted by atomic mass is 35.5. The fraction of sp³-hybridized carbons (Fsp3) is 0.538. The molecule has 17 heavy (non-hydrogen) atoms. The first-order chi connectivity index (χ1) is 7.99. The molecule has 1 aromatic carbocycles. The van der Waals surface area contributed by atoms with E-state index >= 15 is 0 Å². The number of hydrogen-bond donors (Lipinski definition) is 1. The lowest BCUT2D eigenvalue weighted by atomic mass is 10.0. The predicted octanol–water partition coefficient (Wildman–Crippen LogP) is 2.80. The fourth-order valence-electron chi connectivity index (χ4n) is 1.72. The van der Waals surface area contributed by atoms with Crippen LogP contribution in [0.5, 0.6) is 0 Å². The Morgan fingerprint density at radius 2 is 2.12 bits per heavy atom. The highest BCUT2D eigenvalue weighted by Gasteiger charge is 2.09. The van der Waals surface area contributed by atoms with E-state index in [-0.39, 0.29) is 6.04 Å². The first-order valence-corrected chi connectivity index (χ1v) is 7.88. The van der Waals surface area contributed by atoms with E-state index in [4.69, 9.17) is 11.6 Å². The molecule has 0 amide bonds. The van der Waals surface area contributed by atoms with Crippen LogP contribution >= 0.6 is 11.6 Å². The highest BCUT2D eigenvalue weighted by Crippen LogP contribution is 2.18. The third-order valence-corrected chi connectivity index (χ3v) is 3.88. The molecule has 0 saturated carbocycles. The zero-order chi connectivity index (χ0) is 12.8. The van der Waals surface area contributed by atoms with Crippen molar-refractivity contribution < 1.29 is 4.21 Å². The predicted molar refractivity (Wildman–Crippen MR) is 76.3 cm³/mol. The smallest absolute Gasteiger partial charge is 0.0408 e. The average molecular weight is 274 g/mol. The van der Waals surface area contributed by atoms with E-state index in [0.29, 0.717) is 11.7 Å². The second-order valence-corrected chi connectivity index (χ2v) is 6.42. The summed E-state index contributed by atoms with van der Waals surface area (Å²) < 4.78 is 11.1. The number of hydrogen-bond acceptors (Lipinski definition) is 2. The standard InChI is InChI=1S/C13H20ClNOS/c1-10(8-15-11(2)9-17(3)16)12-5-4-6-13(14)7-12/h4-7,10-11,15H,8-9H2,1-3H3/t10-,11-,17-/m1/s1.